The van der Waals surface area contributed by atoms with Crippen molar-refractivity contribution in [3.05, 3.63) is 23.0 Å². The van der Waals surface area contributed by atoms with E-state index in [-0.39, 0.29) is 21.6 Å². The quantitative estimate of drug-likeness (QED) is 0.785. The molecule has 0 saturated heterocycles. The SMILES string of the molecule is COCCC(C)NS(=O)(=O)c1cc(N)c(F)cc1Cl. The van der Waals surface area contributed by atoms with Gasteiger partial charge < -0.3 is 10.5 Å². The second kappa shape index (κ2) is 6.51. The van der Waals surface area contributed by atoms with Gasteiger partial charge in [0, 0.05) is 19.8 Å². The van der Waals surface area contributed by atoms with Gasteiger partial charge in [0.05, 0.1) is 10.7 Å². The van der Waals surface area contributed by atoms with Gasteiger partial charge in [0.1, 0.15) is 10.7 Å². The molecule has 0 amide bonds. The Labute approximate surface area is 116 Å². The Bertz CT molecular complexity index is 551. The van der Waals surface area contributed by atoms with E-state index in [9.17, 15) is 12.8 Å². The van der Waals surface area contributed by atoms with E-state index in [2.05, 4.69) is 4.72 Å². The van der Waals surface area contributed by atoms with Crippen LogP contribution in [0.4, 0.5) is 10.1 Å². The lowest BCUT2D eigenvalue weighted by molar-refractivity contribution is 0.188. The summed E-state index contributed by atoms with van der Waals surface area (Å²) in [6.07, 6.45) is 0.504. The Morgan fingerprint density at radius 1 is 1.53 bits per heavy atom. The summed E-state index contributed by atoms with van der Waals surface area (Å²) in [6.45, 7) is 2.11. The maximum atomic E-state index is 13.1. The molecule has 0 heterocycles. The first-order valence-electron chi connectivity index (χ1n) is 5.53. The first-order valence-corrected chi connectivity index (χ1v) is 7.40. The van der Waals surface area contributed by atoms with Crippen molar-refractivity contribution in [3.63, 3.8) is 0 Å². The number of hydrogen-bond donors (Lipinski definition) is 2. The molecule has 19 heavy (non-hydrogen) atoms. The highest BCUT2D eigenvalue weighted by molar-refractivity contribution is 7.89. The van der Waals surface area contributed by atoms with Crippen molar-refractivity contribution in [1.29, 1.82) is 0 Å². The number of sulfonamides is 1. The number of nitrogens with two attached hydrogens (primary N) is 1. The van der Waals surface area contributed by atoms with E-state index in [0.29, 0.717) is 13.0 Å². The molecule has 1 atom stereocenters. The van der Waals surface area contributed by atoms with Crippen LogP contribution in [-0.2, 0) is 14.8 Å². The molecule has 0 fully saturated rings. The number of anilines is 1. The summed E-state index contributed by atoms with van der Waals surface area (Å²) in [7, 11) is -2.32. The van der Waals surface area contributed by atoms with Gasteiger partial charge in [0.15, 0.2) is 0 Å². The predicted molar refractivity (Wildman–Crippen MR) is 72.1 cm³/mol. The smallest absolute Gasteiger partial charge is 0.242 e. The standard InChI is InChI=1S/C11H16ClFN2O3S/c1-7(3-4-18-2)15-19(16,17)11-6-10(14)9(13)5-8(11)12/h5-7,15H,3-4,14H2,1-2H3. The third-order valence-corrected chi connectivity index (χ3v) is 4.51. The predicted octanol–water partition coefficient (Wildman–Crippen LogP) is 1.76. The fourth-order valence-electron chi connectivity index (χ4n) is 1.43. The van der Waals surface area contributed by atoms with E-state index >= 15 is 0 Å². The maximum absolute atomic E-state index is 13.1. The number of ether oxygens (including phenoxy) is 1. The molecule has 8 heteroatoms. The molecule has 3 N–H and O–H groups in total. The molecule has 0 aliphatic heterocycles. The molecule has 0 aromatic heterocycles. The number of nitrogen functional groups attached to an aromatic ring is 1. The van der Waals surface area contributed by atoms with Gasteiger partial charge in [0.2, 0.25) is 10.0 Å². The summed E-state index contributed by atoms with van der Waals surface area (Å²) < 4.78 is 44.6. The first-order chi connectivity index (χ1) is 8.77. The number of methoxy groups -OCH3 is 1. The zero-order valence-electron chi connectivity index (χ0n) is 10.6. The van der Waals surface area contributed by atoms with Crippen LogP contribution in [0.1, 0.15) is 13.3 Å². The second-order valence-electron chi connectivity index (χ2n) is 4.11. The molecule has 1 aromatic carbocycles. The van der Waals surface area contributed by atoms with E-state index in [0.717, 1.165) is 12.1 Å². The van der Waals surface area contributed by atoms with Crippen molar-refractivity contribution >= 4 is 27.3 Å². The van der Waals surface area contributed by atoms with Crippen LogP contribution >= 0.6 is 11.6 Å². The fraction of sp³-hybridized carbons (Fsp3) is 0.455. The van der Waals surface area contributed by atoms with Crippen LogP contribution < -0.4 is 10.5 Å². The highest BCUT2D eigenvalue weighted by Gasteiger charge is 2.22. The lowest BCUT2D eigenvalue weighted by atomic mass is 10.3. The van der Waals surface area contributed by atoms with Crippen LogP contribution in [0.2, 0.25) is 5.02 Å². The largest absolute Gasteiger partial charge is 0.396 e. The van der Waals surface area contributed by atoms with Gasteiger partial charge in [-0.3, -0.25) is 0 Å². The third kappa shape index (κ3) is 4.31. The van der Waals surface area contributed by atoms with E-state index in [4.69, 9.17) is 22.1 Å². The van der Waals surface area contributed by atoms with Gasteiger partial charge in [-0.2, -0.15) is 0 Å². The molecule has 1 unspecified atom stereocenters. The monoisotopic (exact) mass is 310 g/mol. The summed E-state index contributed by atoms with van der Waals surface area (Å²) in [5, 5.41) is -0.210. The van der Waals surface area contributed by atoms with Gasteiger partial charge in [-0.05, 0) is 25.5 Å². The fourth-order valence-corrected chi connectivity index (χ4v) is 3.26. The number of rotatable bonds is 6. The van der Waals surface area contributed by atoms with Gasteiger partial charge in [-0.1, -0.05) is 11.6 Å². The van der Waals surface area contributed by atoms with Crippen molar-refractivity contribution in [3.8, 4) is 0 Å². The molecule has 1 aromatic rings. The van der Waals surface area contributed by atoms with E-state index in [1.54, 1.807) is 6.92 Å². The molecule has 0 saturated carbocycles. The topological polar surface area (TPSA) is 81.4 Å². The molecule has 1 rings (SSSR count). The Balaban J connectivity index is 2.98. The summed E-state index contributed by atoms with van der Waals surface area (Å²) in [5.74, 6) is -0.753. The average molecular weight is 311 g/mol. The Hall–Kier alpha value is -0.890. The zero-order valence-corrected chi connectivity index (χ0v) is 12.2. The van der Waals surface area contributed by atoms with Crippen molar-refractivity contribution in [2.45, 2.75) is 24.3 Å². The molecule has 108 valence electrons. The molecule has 0 radical (unpaired) electrons. The summed E-state index contributed by atoms with van der Waals surface area (Å²) in [6, 6.07) is 1.54. The van der Waals surface area contributed by atoms with E-state index in [1.807, 2.05) is 0 Å². The average Bonchev–Trinajstić information content (AvgIpc) is 2.30. The Morgan fingerprint density at radius 3 is 2.74 bits per heavy atom. The molecule has 0 bridgehead atoms. The number of benzene rings is 1. The van der Waals surface area contributed by atoms with Crippen molar-refractivity contribution < 1.29 is 17.5 Å². The molecular formula is C11H16ClFN2O3S. The van der Waals surface area contributed by atoms with Crippen LogP contribution in [-0.4, -0.2) is 28.2 Å². The summed E-state index contributed by atoms with van der Waals surface area (Å²) in [4.78, 5) is -0.239. The van der Waals surface area contributed by atoms with Crippen LogP contribution in [0.15, 0.2) is 17.0 Å². The zero-order chi connectivity index (χ0) is 14.6. The Kier molecular flexibility index (Phi) is 5.54. The van der Waals surface area contributed by atoms with Gasteiger partial charge in [0.25, 0.3) is 0 Å². The van der Waals surface area contributed by atoms with Crippen molar-refractivity contribution in [1.82, 2.24) is 4.72 Å². The van der Waals surface area contributed by atoms with E-state index < -0.39 is 15.8 Å². The van der Waals surface area contributed by atoms with Crippen LogP contribution in [0.25, 0.3) is 0 Å². The maximum Gasteiger partial charge on any atom is 0.242 e. The number of halogens is 2. The van der Waals surface area contributed by atoms with Gasteiger partial charge in [-0.25, -0.2) is 17.5 Å². The lowest BCUT2D eigenvalue weighted by Crippen LogP contribution is -2.33. The van der Waals surface area contributed by atoms with Crippen LogP contribution in [0.3, 0.4) is 0 Å². The van der Waals surface area contributed by atoms with Crippen molar-refractivity contribution in [2.24, 2.45) is 0 Å². The second-order valence-corrected chi connectivity index (χ2v) is 6.20. The number of nitrogens with one attached hydrogen (secondary N) is 1. The first kappa shape index (κ1) is 16.2. The molecule has 0 aliphatic rings. The molecule has 0 spiro atoms. The molecule has 0 aliphatic carbocycles. The third-order valence-electron chi connectivity index (χ3n) is 2.45. The highest BCUT2D eigenvalue weighted by Crippen LogP contribution is 2.26. The summed E-state index contributed by atoms with van der Waals surface area (Å²) in [5.41, 5.74) is 5.08. The normalized spacial score (nSPS) is 13.5. The minimum absolute atomic E-state index is 0.210. The molecule has 5 nitrogen and oxygen atoms in total. The van der Waals surface area contributed by atoms with E-state index in [1.165, 1.54) is 7.11 Å². The van der Waals surface area contributed by atoms with Crippen LogP contribution in [0, 0.1) is 5.82 Å². The van der Waals surface area contributed by atoms with Gasteiger partial charge in [-0.15, -0.1) is 0 Å². The molecular weight excluding hydrogens is 295 g/mol. The lowest BCUT2D eigenvalue weighted by Gasteiger charge is -2.15. The highest BCUT2D eigenvalue weighted by atomic mass is 35.5. The van der Waals surface area contributed by atoms with Gasteiger partial charge >= 0.3 is 0 Å². The van der Waals surface area contributed by atoms with Crippen molar-refractivity contribution in [2.75, 3.05) is 19.5 Å². The van der Waals surface area contributed by atoms with Crippen LogP contribution in [0.5, 0.6) is 0 Å². The number of hydrogen-bond acceptors (Lipinski definition) is 4. The minimum atomic E-state index is -3.84. The minimum Gasteiger partial charge on any atom is -0.396 e. The summed E-state index contributed by atoms with van der Waals surface area (Å²) >= 11 is 5.73. The Morgan fingerprint density at radius 2 is 2.16 bits per heavy atom.